The highest BCUT2D eigenvalue weighted by atomic mass is 16.5. The van der Waals surface area contributed by atoms with Crippen molar-refractivity contribution in [2.24, 2.45) is 13.0 Å². The van der Waals surface area contributed by atoms with Gasteiger partial charge >= 0.3 is 5.97 Å². The Morgan fingerprint density at radius 2 is 2.11 bits per heavy atom. The van der Waals surface area contributed by atoms with E-state index in [0.29, 0.717) is 12.1 Å². The van der Waals surface area contributed by atoms with Gasteiger partial charge in [-0.1, -0.05) is 13.8 Å². The average Bonchev–Trinajstić information content (AvgIpc) is 2.66. The summed E-state index contributed by atoms with van der Waals surface area (Å²) < 4.78 is 6.20. The van der Waals surface area contributed by atoms with Crippen LogP contribution in [0.4, 0.5) is 0 Å². The molecule has 0 fully saturated rings. The van der Waals surface area contributed by atoms with Crippen LogP contribution in [0.15, 0.2) is 6.07 Å². The Balaban J connectivity index is 2.81. The molecule has 0 spiro atoms. The topological polar surface area (TPSA) is 73.2 Å². The summed E-state index contributed by atoms with van der Waals surface area (Å²) in [5.74, 6) is -0.474. The minimum atomic E-state index is -0.632. The van der Waals surface area contributed by atoms with Gasteiger partial charge in [-0.25, -0.2) is 4.79 Å². The number of ether oxygens (including phenoxy) is 1. The van der Waals surface area contributed by atoms with Crippen molar-refractivity contribution in [1.82, 2.24) is 15.1 Å². The van der Waals surface area contributed by atoms with Gasteiger partial charge in [-0.15, -0.1) is 0 Å². The molecule has 1 N–H and O–H groups in total. The second kappa shape index (κ2) is 6.36. The Morgan fingerprint density at radius 3 is 2.53 bits per heavy atom. The summed E-state index contributed by atoms with van der Waals surface area (Å²) in [4.78, 5) is 23.8. The highest BCUT2D eigenvalue weighted by Gasteiger charge is 2.24. The van der Waals surface area contributed by atoms with Gasteiger partial charge in [-0.05, 0) is 25.3 Å². The Labute approximate surface area is 113 Å². The highest BCUT2D eigenvalue weighted by Crippen LogP contribution is 2.08. The Hall–Kier alpha value is -1.85. The summed E-state index contributed by atoms with van der Waals surface area (Å²) >= 11 is 0. The summed E-state index contributed by atoms with van der Waals surface area (Å²) in [7, 11) is 3.01. The minimum absolute atomic E-state index is 0.276. The largest absolute Gasteiger partial charge is 0.467 e. The number of aryl methyl sites for hydroxylation is 2. The minimum Gasteiger partial charge on any atom is -0.467 e. The van der Waals surface area contributed by atoms with E-state index in [-0.39, 0.29) is 11.8 Å². The summed E-state index contributed by atoms with van der Waals surface area (Å²) in [5, 5.41) is 6.80. The van der Waals surface area contributed by atoms with E-state index < -0.39 is 12.0 Å². The molecule has 6 nitrogen and oxygen atoms in total. The van der Waals surface area contributed by atoms with E-state index in [0.717, 1.165) is 5.69 Å². The molecule has 1 unspecified atom stereocenters. The van der Waals surface area contributed by atoms with Crippen LogP contribution in [0.25, 0.3) is 0 Å². The first kappa shape index (κ1) is 15.2. The zero-order valence-electron chi connectivity index (χ0n) is 12.1. The van der Waals surface area contributed by atoms with E-state index in [1.54, 1.807) is 13.1 Å². The van der Waals surface area contributed by atoms with Crippen LogP contribution in [0.1, 0.15) is 36.5 Å². The van der Waals surface area contributed by atoms with Crippen LogP contribution >= 0.6 is 0 Å². The lowest BCUT2D eigenvalue weighted by atomic mass is 10.0. The molecule has 1 amide bonds. The van der Waals surface area contributed by atoms with Crippen LogP contribution in [0.2, 0.25) is 0 Å². The zero-order valence-corrected chi connectivity index (χ0v) is 12.1. The Kier molecular flexibility index (Phi) is 5.09. The van der Waals surface area contributed by atoms with Crippen molar-refractivity contribution in [3.05, 3.63) is 17.5 Å². The number of esters is 1. The molecule has 106 valence electrons. The molecule has 0 aliphatic carbocycles. The molecule has 0 aromatic carbocycles. The van der Waals surface area contributed by atoms with Crippen molar-refractivity contribution in [2.75, 3.05) is 7.11 Å². The maximum absolute atomic E-state index is 12.1. The van der Waals surface area contributed by atoms with Crippen molar-refractivity contribution in [3.8, 4) is 0 Å². The van der Waals surface area contributed by atoms with E-state index in [4.69, 9.17) is 4.74 Å². The van der Waals surface area contributed by atoms with Gasteiger partial charge in [0.05, 0.1) is 12.8 Å². The molecule has 1 aromatic heterocycles. The molecule has 0 saturated carbocycles. The molecule has 19 heavy (non-hydrogen) atoms. The maximum Gasteiger partial charge on any atom is 0.328 e. The van der Waals surface area contributed by atoms with Crippen LogP contribution < -0.4 is 5.32 Å². The molecule has 0 radical (unpaired) electrons. The molecule has 1 atom stereocenters. The molecule has 1 aromatic rings. The van der Waals surface area contributed by atoms with Crippen molar-refractivity contribution in [3.63, 3.8) is 0 Å². The van der Waals surface area contributed by atoms with Crippen LogP contribution in [-0.4, -0.2) is 34.8 Å². The normalized spacial score (nSPS) is 12.3. The third-order valence-electron chi connectivity index (χ3n) is 2.73. The number of amides is 1. The van der Waals surface area contributed by atoms with Crippen LogP contribution in [-0.2, 0) is 16.6 Å². The van der Waals surface area contributed by atoms with Gasteiger partial charge in [-0.3, -0.25) is 9.48 Å². The Morgan fingerprint density at radius 1 is 1.47 bits per heavy atom. The quantitative estimate of drug-likeness (QED) is 0.809. The molecule has 1 heterocycles. The first-order chi connectivity index (χ1) is 8.85. The fourth-order valence-corrected chi connectivity index (χ4v) is 1.88. The molecular formula is C13H21N3O3. The number of carbonyl (C=O) groups excluding carboxylic acids is 2. The number of nitrogens with one attached hydrogen (secondary N) is 1. The number of rotatable bonds is 5. The molecule has 0 saturated heterocycles. The van der Waals surface area contributed by atoms with Gasteiger partial charge in [0.25, 0.3) is 5.91 Å². The van der Waals surface area contributed by atoms with E-state index >= 15 is 0 Å². The van der Waals surface area contributed by atoms with Crippen LogP contribution in [0.5, 0.6) is 0 Å². The zero-order chi connectivity index (χ0) is 14.6. The summed E-state index contributed by atoms with van der Waals surface area (Å²) in [6, 6.07) is 1.05. The standard InChI is InChI=1S/C13H21N3O3/c1-8(2)6-10(13(18)19-5)14-12(17)11-7-9(3)15-16(11)4/h7-8,10H,6H2,1-5H3,(H,14,17). The SMILES string of the molecule is COC(=O)C(CC(C)C)NC(=O)c1cc(C)nn1C. The summed E-state index contributed by atoms with van der Waals surface area (Å²) in [6.07, 6.45) is 0.537. The van der Waals surface area contributed by atoms with Crippen molar-refractivity contribution >= 4 is 11.9 Å². The van der Waals surface area contributed by atoms with Crippen molar-refractivity contribution in [2.45, 2.75) is 33.2 Å². The predicted octanol–water partition coefficient (Wildman–Crippen LogP) is 1.05. The smallest absolute Gasteiger partial charge is 0.328 e. The van der Waals surface area contributed by atoms with Gasteiger partial charge in [0.2, 0.25) is 0 Å². The third kappa shape index (κ3) is 4.08. The molecule has 6 heteroatoms. The second-order valence-corrected chi connectivity index (χ2v) is 4.97. The van der Waals surface area contributed by atoms with Gasteiger partial charge in [0.1, 0.15) is 11.7 Å². The average molecular weight is 267 g/mol. The van der Waals surface area contributed by atoms with Crippen molar-refractivity contribution < 1.29 is 14.3 Å². The molecule has 0 bridgehead atoms. The van der Waals surface area contributed by atoms with Crippen LogP contribution in [0, 0.1) is 12.8 Å². The number of hydrogen-bond donors (Lipinski definition) is 1. The number of nitrogens with zero attached hydrogens (tertiary/aromatic N) is 2. The van der Waals surface area contributed by atoms with Gasteiger partial charge < -0.3 is 10.1 Å². The first-order valence-electron chi connectivity index (χ1n) is 6.24. The summed E-state index contributed by atoms with van der Waals surface area (Å²) in [6.45, 7) is 5.77. The first-order valence-corrected chi connectivity index (χ1v) is 6.24. The van der Waals surface area contributed by atoms with Gasteiger partial charge in [-0.2, -0.15) is 5.10 Å². The van der Waals surface area contributed by atoms with E-state index in [1.807, 2.05) is 20.8 Å². The number of aromatic nitrogens is 2. The summed E-state index contributed by atoms with van der Waals surface area (Å²) in [5.41, 5.74) is 1.18. The number of hydrogen-bond acceptors (Lipinski definition) is 4. The van der Waals surface area contributed by atoms with E-state index in [2.05, 4.69) is 10.4 Å². The predicted molar refractivity (Wildman–Crippen MR) is 70.7 cm³/mol. The highest BCUT2D eigenvalue weighted by molar-refractivity contribution is 5.95. The monoisotopic (exact) mass is 267 g/mol. The van der Waals surface area contributed by atoms with E-state index in [1.165, 1.54) is 11.8 Å². The lowest BCUT2D eigenvalue weighted by Crippen LogP contribution is -2.42. The number of carbonyl (C=O) groups is 2. The molecule has 0 aliphatic heterocycles. The molecule has 1 rings (SSSR count). The second-order valence-electron chi connectivity index (χ2n) is 4.97. The maximum atomic E-state index is 12.1. The van der Waals surface area contributed by atoms with Crippen molar-refractivity contribution in [1.29, 1.82) is 0 Å². The van der Waals surface area contributed by atoms with E-state index in [9.17, 15) is 9.59 Å². The van der Waals surface area contributed by atoms with Gasteiger partial charge in [0.15, 0.2) is 0 Å². The third-order valence-corrected chi connectivity index (χ3v) is 2.73. The molecular weight excluding hydrogens is 246 g/mol. The lowest BCUT2D eigenvalue weighted by Gasteiger charge is -2.18. The fraction of sp³-hybridized carbons (Fsp3) is 0.615. The Bertz CT molecular complexity index is 466. The van der Waals surface area contributed by atoms with Crippen LogP contribution in [0.3, 0.4) is 0 Å². The fourth-order valence-electron chi connectivity index (χ4n) is 1.88. The van der Waals surface area contributed by atoms with Gasteiger partial charge in [0, 0.05) is 7.05 Å². The molecule has 0 aliphatic rings. The number of methoxy groups -OCH3 is 1. The lowest BCUT2D eigenvalue weighted by molar-refractivity contribution is -0.143.